The van der Waals surface area contributed by atoms with Crippen molar-refractivity contribution in [3.63, 3.8) is 0 Å². The maximum Gasteiger partial charge on any atom is 0.232 e. The summed E-state index contributed by atoms with van der Waals surface area (Å²) in [6, 6.07) is 7.91. The van der Waals surface area contributed by atoms with Gasteiger partial charge in [0.25, 0.3) is 0 Å². The van der Waals surface area contributed by atoms with E-state index >= 15 is 0 Å². The second kappa shape index (κ2) is 7.21. The minimum absolute atomic E-state index is 0.00601. The third-order valence-corrected chi connectivity index (χ3v) is 5.67. The number of anilines is 1. The molecule has 1 amide bonds. The second-order valence-corrected chi connectivity index (χ2v) is 7.32. The van der Waals surface area contributed by atoms with Gasteiger partial charge in [-0.15, -0.1) is 0 Å². The number of rotatable bonds is 4. The number of nitrogens with one attached hydrogen (secondary N) is 1. The largest absolute Gasteiger partial charge is 0.381 e. The average molecular weight is 354 g/mol. The molecule has 3 N–H and O–H groups in total. The molecule has 4 rings (SSSR count). The monoisotopic (exact) mass is 354 g/mol. The van der Waals surface area contributed by atoms with Crippen LogP contribution in [0.3, 0.4) is 0 Å². The van der Waals surface area contributed by atoms with Crippen LogP contribution in [0.2, 0.25) is 0 Å². The number of aromatic nitrogens is 2. The number of amides is 1. The van der Waals surface area contributed by atoms with E-state index in [0.29, 0.717) is 32.6 Å². The number of hydrogen-bond acceptors (Lipinski definition) is 4. The van der Waals surface area contributed by atoms with Crippen LogP contribution in [-0.4, -0.2) is 35.2 Å². The molecule has 1 aromatic carbocycles. The van der Waals surface area contributed by atoms with Crippen molar-refractivity contribution in [1.82, 2.24) is 9.55 Å². The van der Waals surface area contributed by atoms with Gasteiger partial charge in [0.2, 0.25) is 5.91 Å². The van der Waals surface area contributed by atoms with E-state index in [1.807, 2.05) is 24.3 Å². The SMILES string of the molecule is NCC1(C(=O)Nc2ccc(-c3cn4c(n3)CCCC4)cc2)CCOCC1. The van der Waals surface area contributed by atoms with Gasteiger partial charge in [-0.25, -0.2) is 4.98 Å². The lowest BCUT2D eigenvalue weighted by atomic mass is 9.79. The molecular weight excluding hydrogens is 328 g/mol. The Morgan fingerprint density at radius 1 is 1.23 bits per heavy atom. The molecule has 0 bridgehead atoms. The van der Waals surface area contributed by atoms with E-state index in [2.05, 4.69) is 16.1 Å². The number of benzene rings is 1. The highest BCUT2D eigenvalue weighted by atomic mass is 16.5. The standard InChI is InChI=1S/C20H26N4O2/c21-14-20(8-11-26-12-9-20)19(25)22-16-6-4-15(5-7-16)17-13-24-10-2-1-3-18(24)23-17/h4-7,13H,1-3,8-12,14,21H2,(H,22,25). The highest BCUT2D eigenvalue weighted by molar-refractivity contribution is 5.95. The summed E-state index contributed by atoms with van der Waals surface area (Å²) in [6.07, 6.45) is 6.98. The van der Waals surface area contributed by atoms with Crippen molar-refractivity contribution in [3.8, 4) is 11.3 Å². The van der Waals surface area contributed by atoms with Crippen molar-refractivity contribution in [3.05, 3.63) is 36.3 Å². The van der Waals surface area contributed by atoms with Gasteiger partial charge in [-0.2, -0.15) is 0 Å². The predicted molar refractivity (Wildman–Crippen MR) is 101 cm³/mol. The molecular formula is C20H26N4O2. The van der Waals surface area contributed by atoms with Gasteiger partial charge in [-0.3, -0.25) is 4.79 Å². The van der Waals surface area contributed by atoms with E-state index in [0.717, 1.165) is 29.9 Å². The van der Waals surface area contributed by atoms with Crippen LogP contribution in [0.15, 0.2) is 30.5 Å². The van der Waals surface area contributed by atoms with Crippen LogP contribution in [0, 0.1) is 5.41 Å². The first-order valence-corrected chi connectivity index (χ1v) is 9.46. The van der Waals surface area contributed by atoms with Gasteiger partial charge in [0.15, 0.2) is 0 Å². The fourth-order valence-corrected chi connectivity index (χ4v) is 3.83. The van der Waals surface area contributed by atoms with Crippen molar-refractivity contribution >= 4 is 11.6 Å². The van der Waals surface area contributed by atoms with Gasteiger partial charge in [-0.1, -0.05) is 12.1 Å². The van der Waals surface area contributed by atoms with Crippen LogP contribution in [0.25, 0.3) is 11.3 Å². The maximum atomic E-state index is 12.7. The Labute approximate surface area is 153 Å². The van der Waals surface area contributed by atoms with Crippen molar-refractivity contribution in [2.45, 2.75) is 38.6 Å². The number of imidazole rings is 1. The van der Waals surface area contributed by atoms with Crippen LogP contribution in [0.4, 0.5) is 5.69 Å². The number of fused-ring (bicyclic) bond motifs is 1. The molecule has 0 aliphatic carbocycles. The first kappa shape index (κ1) is 17.2. The molecule has 3 heterocycles. The van der Waals surface area contributed by atoms with Gasteiger partial charge < -0.3 is 20.4 Å². The summed E-state index contributed by atoms with van der Waals surface area (Å²) < 4.78 is 7.64. The fraction of sp³-hybridized carbons (Fsp3) is 0.500. The summed E-state index contributed by atoms with van der Waals surface area (Å²) in [6.45, 7) is 2.59. The molecule has 2 aromatic rings. The molecule has 6 heteroatoms. The maximum absolute atomic E-state index is 12.7. The zero-order valence-electron chi connectivity index (χ0n) is 15.0. The number of hydrogen-bond donors (Lipinski definition) is 2. The number of aryl methyl sites for hydroxylation is 2. The summed E-state index contributed by atoms with van der Waals surface area (Å²) in [7, 11) is 0. The van der Waals surface area contributed by atoms with Gasteiger partial charge in [-0.05, 0) is 37.8 Å². The highest BCUT2D eigenvalue weighted by Crippen LogP contribution is 2.31. The van der Waals surface area contributed by atoms with E-state index in [4.69, 9.17) is 15.5 Å². The molecule has 1 saturated heterocycles. The number of nitrogens with zero attached hydrogens (tertiary/aromatic N) is 2. The summed E-state index contributed by atoms with van der Waals surface area (Å²) in [5, 5.41) is 3.03. The minimum Gasteiger partial charge on any atom is -0.381 e. The van der Waals surface area contributed by atoms with Crippen molar-refractivity contribution < 1.29 is 9.53 Å². The molecule has 0 saturated carbocycles. The predicted octanol–water partition coefficient (Wildman–Crippen LogP) is 2.58. The molecule has 26 heavy (non-hydrogen) atoms. The zero-order valence-corrected chi connectivity index (χ0v) is 15.0. The molecule has 0 radical (unpaired) electrons. The quantitative estimate of drug-likeness (QED) is 0.884. The Kier molecular flexibility index (Phi) is 4.78. The normalized spacial score (nSPS) is 19.0. The topological polar surface area (TPSA) is 82.2 Å². The van der Waals surface area contributed by atoms with Gasteiger partial charge in [0.05, 0.1) is 11.1 Å². The molecule has 1 fully saturated rings. The molecule has 0 atom stereocenters. The third-order valence-electron chi connectivity index (χ3n) is 5.67. The smallest absolute Gasteiger partial charge is 0.232 e. The molecule has 0 unspecified atom stereocenters. The van der Waals surface area contributed by atoms with Crippen LogP contribution < -0.4 is 11.1 Å². The fourth-order valence-electron chi connectivity index (χ4n) is 3.83. The number of carbonyl (C=O) groups is 1. The van der Waals surface area contributed by atoms with E-state index in [1.54, 1.807) is 0 Å². The summed E-state index contributed by atoms with van der Waals surface area (Å²) in [5.74, 6) is 1.17. The van der Waals surface area contributed by atoms with Crippen molar-refractivity contribution in [2.75, 3.05) is 25.1 Å². The average Bonchev–Trinajstić information content (AvgIpc) is 3.13. The van der Waals surface area contributed by atoms with E-state index < -0.39 is 5.41 Å². The zero-order chi connectivity index (χ0) is 18.0. The van der Waals surface area contributed by atoms with Crippen LogP contribution in [0.5, 0.6) is 0 Å². The summed E-state index contributed by atoms with van der Waals surface area (Å²) in [5.41, 5.74) is 8.27. The van der Waals surface area contributed by atoms with Crippen LogP contribution in [-0.2, 0) is 22.5 Å². The van der Waals surface area contributed by atoms with Gasteiger partial charge >= 0.3 is 0 Å². The molecule has 2 aliphatic heterocycles. The highest BCUT2D eigenvalue weighted by Gasteiger charge is 2.38. The van der Waals surface area contributed by atoms with Crippen molar-refractivity contribution in [2.24, 2.45) is 11.1 Å². The summed E-state index contributed by atoms with van der Waals surface area (Å²) >= 11 is 0. The van der Waals surface area contributed by atoms with Crippen LogP contribution in [0.1, 0.15) is 31.5 Å². The molecule has 138 valence electrons. The van der Waals surface area contributed by atoms with E-state index in [1.165, 1.54) is 18.7 Å². The third kappa shape index (κ3) is 3.27. The Hall–Kier alpha value is -2.18. The minimum atomic E-state index is -0.514. The van der Waals surface area contributed by atoms with E-state index in [-0.39, 0.29) is 5.91 Å². The Morgan fingerprint density at radius 3 is 2.69 bits per heavy atom. The number of carbonyl (C=O) groups excluding carboxylic acids is 1. The lowest BCUT2D eigenvalue weighted by Crippen LogP contribution is -2.46. The lowest BCUT2D eigenvalue weighted by Gasteiger charge is -2.34. The van der Waals surface area contributed by atoms with E-state index in [9.17, 15) is 4.79 Å². The number of nitrogens with two attached hydrogens (primary N) is 1. The Balaban J connectivity index is 1.47. The Morgan fingerprint density at radius 2 is 2.00 bits per heavy atom. The second-order valence-electron chi connectivity index (χ2n) is 7.32. The summed E-state index contributed by atoms with van der Waals surface area (Å²) in [4.78, 5) is 17.5. The van der Waals surface area contributed by atoms with Gasteiger partial charge in [0.1, 0.15) is 5.82 Å². The first-order chi connectivity index (χ1) is 12.7. The number of ether oxygens (including phenoxy) is 1. The Bertz CT molecular complexity index is 752. The molecule has 6 nitrogen and oxygen atoms in total. The van der Waals surface area contributed by atoms with Gasteiger partial charge in [0, 0.05) is 50.2 Å². The van der Waals surface area contributed by atoms with Crippen LogP contribution >= 0.6 is 0 Å². The molecule has 2 aliphatic rings. The molecule has 0 spiro atoms. The molecule has 1 aromatic heterocycles. The van der Waals surface area contributed by atoms with Crippen molar-refractivity contribution in [1.29, 1.82) is 0 Å². The lowest BCUT2D eigenvalue weighted by molar-refractivity contribution is -0.130. The first-order valence-electron chi connectivity index (χ1n) is 9.46.